The molecule has 1 saturated heterocycles. The molecule has 1 aromatic carbocycles. The Morgan fingerprint density at radius 1 is 1.15 bits per heavy atom. The van der Waals surface area contributed by atoms with Gasteiger partial charge in [-0.2, -0.15) is 0 Å². The summed E-state index contributed by atoms with van der Waals surface area (Å²) in [4.78, 5) is 27.0. The number of likely N-dealkylation sites (N-methyl/N-ethyl adjacent to an activating group) is 1. The molecule has 0 bridgehead atoms. The second-order valence-corrected chi connectivity index (χ2v) is 6.84. The topological polar surface area (TPSA) is 73.9 Å². The minimum Gasteiger partial charge on any atom is -0.445 e. The van der Waals surface area contributed by atoms with Gasteiger partial charge in [0.25, 0.3) is 5.91 Å². The third kappa shape index (κ3) is 6.31. The van der Waals surface area contributed by atoms with E-state index in [0.29, 0.717) is 0 Å². The number of rotatable bonds is 7. The third-order valence-corrected chi connectivity index (χ3v) is 4.75. The summed E-state index contributed by atoms with van der Waals surface area (Å²) in [5.41, 5.74) is 3.84. The molecule has 0 spiro atoms. The van der Waals surface area contributed by atoms with Crippen LogP contribution in [-0.4, -0.2) is 61.2 Å². The largest absolute Gasteiger partial charge is 0.445 e. The van der Waals surface area contributed by atoms with Crippen LogP contribution in [0.3, 0.4) is 0 Å². The Kier molecular flexibility index (Phi) is 7.87. The maximum atomic E-state index is 12.7. The van der Waals surface area contributed by atoms with E-state index in [4.69, 9.17) is 4.74 Å². The van der Waals surface area contributed by atoms with Gasteiger partial charge >= 0.3 is 6.09 Å². The van der Waals surface area contributed by atoms with Crippen LogP contribution in [0.2, 0.25) is 0 Å². The highest BCUT2D eigenvalue weighted by Gasteiger charge is 2.28. The number of amides is 2. The summed E-state index contributed by atoms with van der Waals surface area (Å²) in [6.07, 6.45) is 0.201. The van der Waals surface area contributed by atoms with E-state index < -0.39 is 12.1 Å². The predicted octanol–water partition coefficient (Wildman–Crippen LogP) is 1.61. The molecule has 0 radical (unpaired) electrons. The van der Waals surface area contributed by atoms with Gasteiger partial charge in [-0.3, -0.25) is 10.2 Å². The average Bonchev–Trinajstić information content (AvgIpc) is 2.66. The highest BCUT2D eigenvalue weighted by Crippen LogP contribution is 2.10. The summed E-state index contributed by atoms with van der Waals surface area (Å²) in [7, 11) is 2.06. The van der Waals surface area contributed by atoms with Crippen molar-refractivity contribution in [1.29, 1.82) is 0 Å². The second-order valence-electron chi connectivity index (χ2n) is 6.84. The van der Waals surface area contributed by atoms with Crippen LogP contribution in [0.25, 0.3) is 0 Å². The molecule has 1 fully saturated rings. The van der Waals surface area contributed by atoms with Crippen LogP contribution in [0.15, 0.2) is 30.3 Å². The maximum absolute atomic E-state index is 12.7. The fraction of sp³-hybridized carbons (Fsp3) is 0.579. The van der Waals surface area contributed by atoms with Crippen LogP contribution in [0.1, 0.15) is 25.8 Å². The number of hydrogen-bond acceptors (Lipinski definition) is 5. The van der Waals surface area contributed by atoms with Gasteiger partial charge in [-0.05, 0) is 18.5 Å². The third-order valence-electron chi connectivity index (χ3n) is 4.75. The van der Waals surface area contributed by atoms with Gasteiger partial charge in [0.15, 0.2) is 0 Å². The maximum Gasteiger partial charge on any atom is 0.408 e. The van der Waals surface area contributed by atoms with E-state index in [1.165, 1.54) is 0 Å². The molecular weight excluding hydrogens is 332 g/mol. The van der Waals surface area contributed by atoms with Crippen LogP contribution in [-0.2, 0) is 16.1 Å². The van der Waals surface area contributed by atoms with Crippen molar-refractivity contribution in [2.24, 2.45) is 5.92 Å². The number of hydrazine groups is 1. The highest BCUT2D eigenvalue weighted by atomic mass is 16.5. The molecule has 2 amide bonds. The molecule has 0 saturated carbocycles. The van der Waals surface area contributed by atoms with Crippen LogP contribution in [0, 0.1) is 5.92 Å². The van der Waals surface area contributed by atoms with Gasteiger partial charge in [0.2, 0.25) is 0 Å². The Bertz CT molecular complexity index is 573. The van der Waals surface area contributed by atoms with E-state index in [-0.39, 0.29) is 18.4 Å². The van der Waals surface area contributed by atoms with Crippen molar-refractivity contribution in [3.63, 3.8) is 0 Å². The minimum absolute atomic E-state index is 0.00624. The molecule has 2 atom stereocenters. The SMILES string of the molecule is CC[C@H](C)[C@H](NC(=O)OCc1ccccc1)C(=O)NN1CCN(C)CC1. The van der Waals surface area contributed by atoms with Gasteiger partial charge in [0.05, 0.1) is 0 Å². The van der Waals surface area contributed by atoms with Gasteiger partial charge in [-0.1, -0.05) is 50.6 Å². The monoisotopic (exact) mass is 362 g/mol. The van der Waals surface area contributed by atoms with Gasteiger partial charge in [-0.25, -0.2) is 9.80 Å². The Morgan fingerprint density at radius 2 is 1.81 bits per heavy atom. The number of nitrogens with one attached hydrogen (secondary N) is 2. The van der Waals surface area contributed by atoms with E-state index in [1.54, 1.807) is 0 Å². The van der Waals surface area contributed by atoms with E-state index in [9.17, 15) is 9.59 Å². The molecule has 1 aromatic rings. The molecule has 2 rings (SSSR count). The summed E-state index contributed by atoms with van der Waals surface area (Å²) >= 11 is 0. The lowest BCUT2D eigenvalue weighted by Gasteiger charge is -2.34. The molecule has 0 aliphatic carbocycles. The van der Waals surface area contributed by atoms with Crippen molar-refractivity contribution in [2.75, 3.05) is 33.2 Å². The lowest BCUT2D eigenvalue weighted by Crippen LogP contribution is -2.58. The van der Waals surface area contributed by atoms with E-state index in [1.807, 2.05) is 49.2 Å². The van der Waals surface area contributed by atoms with Gasteiger partial charge in [-0.15, -0.1) is 0 Å². The molecule has 26 heavy (non-hydrogen) atoms. The molecule has 144 valence electrons. The van der Waals surface area contributed by atoms with Crippen molar-refractivity contribution in [3.8, 4) is 0 Å². The fourth-order valence-corrected chi connectivity index (χ4v) is 2.74. The normalized spacial score (nSPS) is 18.0. The number of hydrogen-bond donors (Lipinski definition) is 2. The quantitative estimate of drug-likeness (QED) is 0.771. The molecule has 1 aliphatic rings. The number of ether oxygens (including phenoxy) is 1. The summed E-state index contributed by atoms with van der Waals surface area (Å²) in [6.45, 7) is 7.48. The van der Waals surface area contributed by atoms with E-state index >= 15 is 0 Å². The van der Waals surface area contributed by atoms with E-state index in [2.05, 4.69) is 22.7 Å². The molecule has 2 N–H and O–H groups in total. The molecular formula is C19H30N4O3. The Balaban J connectivity index is 1.87. The van der Waals surface area contributed by atoms with Crippen LogP contribution < -0.4 is 10.7 Å². The number of piperazine rings is 1. The Labute approximate surface area is 155 Å². The van der Waals surface area contributed by atoms with Crippen molar-refractivity contribution in [3.05, 3.63) is 35.9 Å². The zero-order chi connectivity index (χ0) is 18.9. The molecule has 7 heteroatoms. The molecule has 0 unspecified atom stereocenters. The first kappa shape index (κ1) is 20.2. The van der Waals surface area contributed by atoms with Crippen LogP contribution in [0.4, 0.5) is 4.79 Å². The summed E-state index contributed by atoms with van der Waals surface area (Å²) < 4.78 is 5.26. The Hall–Kier alpha value is -2.12. The van der Waals surface area contributed by atoms with E-state index in [0.717, 1.165) is 38.2 Å². The first-order valence-corrected chi connectivity index (χ1v) is 9.20. The van der Waals surface area contributed by atoms with Gasteiger partial charge in [0.1, 0.15) is 12.6 Å². The zero-order valence-corrected chi connectivity index (χ0v) is 15.9. The van der Waals surface area contributed by atoms with Crippen molar-refractivity contribution >= 4 is 12.0 Å². The second kappa shape index (κ2) is 10.1. The number of carbonyl (C=O) groups is 2. The standard InChI is InChI=1S/C19H30N4O3/c1-4-15(2)17(18(24)21-23-12-10-22(3)11-13-23)20-19(25)26-14-16-8-6-5-7-9-16/h5-9,15,17H,4,10-14H2,1-3H3,(H,20,25)(H,21,24)/t15-,17-/m0/s1. The summed E-state index contributed by atoms with van der Waals surface area (Å²) in [6, 6.07) is 8.84. The molecule has 1 aliphatic heterocycles. The van der Waals surface area contributed by atoms with Crippen LogP contribution in [0.5, 0.6) is 0 Å². The smallest absolute Gasteiger partial charge is 0.408 e. The molecule has 7 nitrogen and oxygen atoms in total. The number of alkyl carbamates (subject to hydrolysis) is 1. The summed E-state index contributed by atoms with van der Waals surface area (Å²) in [5.74, 6) is -0.188. The van der Waals surface area contributed by atoms with Gasteiger partial charge < -0.3 is 15.0 Å². The first-order valence-electron chi connectivity index (χ1n) is 9.20. The highest BCUT2D eigenvalue weighted by molar-refractivity contribution is 5.85. The molecule has 0 aromatic heterocycles. The zero-order valence-electron chi connectivity index (χ0n) is 15.9. The Morgan fingerprint density at radius 3 is 2.42 bits per heavy atom. The van der Waals surface area contributed by atoms with Gasteiger partial charge in [0, 0.05) is 26.2 Å². The van der Waals surface area contributed by atoms with Crippen molar-refractivity contribution in [1.82, 2.24) is 20.7 Å². The predicted molar refractivity (Wildman–Crippen MR) is 100 cm³/mol. The summed E-state index contributed by atoms with van der Waals surface area (Å²) in [5, 5.41) is 4.64. The van der Waals surface area contributed by atoms with Crippen LogP contribution >= 0.6 is 0 Å². The lowest BCUT2D eigenvalue weighted by atomic mass is 9.99. The average molecular weight is 362 g/mol. The number of carbonyl (C=O) groups excluding carboxylic acids is 2. The van der Waals surface area contributed by atoms with Crippen molar-refractivity contribution < 1.29 is 14.3 Å². The van der Waals surface area contributed by atoms with Crippen molar-refractivity contribution in [2.45, 2.75) is 32.9 Å². The lowest BCUT2D eigenvalue weighted by molar-refractivity contribution is -0.130. The first-order chi connectivity index (χ1) is 12.5. The molecule has 1 heterocycles. The number of benzene rings is 1. The number of nitrogens with zero attached hydrogens (tertiary/aromatic N) is 2. The fourth-order valence-electron chi connectivity index (χ4n) is 2.74. The minimum atomic E-state index is -0.622.